The SMILES string of the molecule is C=CCN1CC[C@@]2(C)c3cc(O)ccc3C[C@H]1[C@@H]2C. The highest BCUT2D eigenvalue weighted by atomic mass is 16.3. The Labute approximate surface area is 115 Å². The Balaban J connectivity index is 2.06. The first-order valence-electron chi connectivity index (χ1n) is 7.23. The zero-order valence-corrected chi connectivity index (χ0v) is 11.9. The minimum absolute atomic E-state index is 0.203. The van der Waals surface area contributed by atoms with Gasteiger partial charge in [0.05, 0.1) is 0 Å². The maximum Gasteiger partial charge on any atom is 0.115 e. The molecule has 1 saturated heterocycles. The Morgan fingerprint density at radius 2 is 2.32 bits per heavy atom. The lowest BCUT2D eigenvalue weighted by atomic mass is 9.59. The van der Waals surface area contributed by atoms with Crippen molar-refractivity contribution in [3.05, 3.63) is 42.0 Å². The molecule has 0 spiro atoms. The summed E-state index contributed by atoms with van der Waals surface area (Å²) in [7, 11) is 0. The number of aromatic hydroxyl groups is 1. The summed E-state index contributed by atoms with van der Waals surface area (Å²) in [5.74, 6) is 1.02. The van der Waals surface area contributed by atoms with Gasteiger partial charge in [0.15, 0.2) is 0 Å². The van der Waals surface area contributed by atoms with Crippen LogP contribution in [-0.4, -0.2) is 29.1 Å². The number of phenolic OH excluding ortho intramolecular Hbond substituents is 1. The van der Waals surface area contributed by atoms with Gasteiger partial charge in [-0.05, 0) is 54.0 Å². The van der Waals surface area contributed by atoms with Gasteiger partial charge in [-0.3, -0.25) is 4.90 Å². The molecule has 0 radical (unpaired) electrons. The standard InChI is InChI=1S/C17H23NO/c1-4-8-18-9-7-17(3)12(2)16(18)10-13-5-6-14(19)11-15(13)17/h4-6,11-12,16,19H,1,7-10H2,2-3H3/t12-,16-,17+/m0/s1. The van der Waals surface area contributed by atoms with E-state index in [1.165, 1.54) is 11.1 Å². The average molecular weight is 257 g/mol. The molecule has 19 heavy (non-hydrogen) atoms. The number of hydrogen-bond donors (Lipinski definition) is 1. The Hall–Kier alpha value is -1.28. The van der Waals surface area contributed by atoms with E-state index in [2.05, 4.69) is 31.4 Å². The van der Waals surface area contributed by atoms with E-state index < -0.39 is 0 Å². The minimum atomic E-state index is 0.203. The van der Waals surface area contributed by atoms with Crippen molar-refractivity contribution in [2.24, 2.45) is 5.92 Å². The molecular formula is C17H23NO. The number of fused-ring (bicyclic) bond motifs is 4. The van der Waals surface area contributed by atoms with E-state index in [4.69, 9.17) is 0 Å². The molecule has 2 heteroatoms. The van der Waals surface area contributed by atoms with Crippen LogP contribution < -0.4 is 0 Å². The maximum absolute atomic E-state index is 9.80. The molecule has 1 aromatic rings. The second-order valence-electron chi connectivity index (χ2n) is 6.35. The number of hydrogen-bond acceptors (Lipinski definition) is 2. The van der Waals surface area contributed by atoms with Crippen LogP contribution in [0.15, 0.2) is 30.9 Å². The zero-order chi connectivity index (χ0) is 13.6. The van der Waals surface area contributed by atoms with Crippen LogP contribution >= 0.6 is 0 Å². The van der Waals surface area contributed by atoms with Crippen LogP contribution in [0.3, 0.4) is 0 Å². The Kier molecular flexibility index (Phi) is 2.94. The van der Waals surface area contributed by atoms with Gasteiger partial charge in [0.25, 0.3) is 0 Å². The lowest BCUT2D eigenvalue weighted by Crippen LogP contribution is -2.57. The Bertz CT molecular complexity index is 510. The summed E-state index contributed by atoms with van der Waals surface area (Å²) in [6, 6.07) is 6.53. The number of phenols is 1. The molecule has 1 aliphatic heterocycles. The molecule has 0 aromatic heterocycles. The van der Waals surface area contributed by atoms with Crippen molar-refractivity contribution in [3.8, 4) is 5.75 Å². The first-order valence-corrected chi connectivity index (χ1v) is 7.23. The fourth-order valence-electron chi connectivity index (χ4n) is 4.09. The molecule has 0 saturated carbocycles. The van der Waals surface area contributed by atoms with E-state index in [9.17, 15) is 5.11 Å². The van der Waals surface area contributed by atoms with Crippen LogP contribution in [0.25, 0.3) is 0 Å². The van der Waals surface area contributed by atoms with Gasteiger partial charge in [0.2, 0.25) is 0 Å². The monoisotopic (exact) mass is 257 g/mol. The number of benzene rings is 1. The van der Waals surface area contributed by atoms with Crippen molar-refractivity contribution in [1.29, 1.82) is 0 Å². The number of likely N-dealkylation sites (tertiary alicyclic amines) is 1. The average Bonchev–Trinajstić information content (AvgIpc) is 2.38. The third-order valence-corrected chi connectivity index (χ3v) is 5.47. The van der Waals surface area contributed by atoms with Gasteiger partial charge in [0.1, 0.15) is 5.75 Å². The quantitative estimate of drug-likeness (QED) is 0.823. The highest BCUT2D eigenvalue weighted by Gasteiger charge is 2.48. The van der Waals surface area contributed by atoms with Gasteiger partial charge in [0, 0.05) is 12.6 Å². The minimum Gasteiger partial charge on any atom is -0.508 e. The summed E-state index contributed by atoms with van der Waals surface area (Å²) in [6.45, 7) is 10.7. The fraction of sp³-hybridized carbons (Fsp3) is 0.529. The van der Waals surface area contributed by atoms with E-state index in [-0.39, 0.29) is 5.41 Å². The molecule has 1 aromatic carbocycles. The van der Waals surface area contributed by atoms with Gasteiger partial charge in [-0.25, -0.2) is 0 Å². The van der Waals surface area contributed by atoms with Gasteiger partial charge >= 0.3 is 0 Å². The molecular weight excluding hydrogens is 234 g/mol. The smallest absolute Gasteiger partial charge is 0.115 e. The van der Waals surface area contributed by atoms with Crippen molar-refractivity contribution in [3.63, 3.8) is 0 Å². The van der Waals surface area contributed by atoms with Crippen LogP contribution in [0.4, 0.5) is 0 Å². The van der Waals surface area contributed by atoms with Crippen LogP contribution in [0.1, 0.15) is 31.4 Å². The van der Waals surface area contributed by atoms with Crippen LogP contribution in [0.5, 0.6) is 5.75 Å². The number of rotatable bonds is 2. The first-order chi connectivity index (χ1) is 9.06. The number of nitrogens with zero attached hydrogens (tertiary/aromatic N) is 1. The zero-order valence-electron chi connectivity index (χ0n) is 11.9. The molecule has 0 unspecified atom stereocenters. The van der Waals surface area contributed by atoms with Crippen molar-refractivity contribution >= 4 is 0 Å². The lowest BCUT2D eigenvalue weighted by Gasteiger charge is -2.54. The molecule has 2 bridgehead atoms. The first kappa shape index (κ1) is 12.7. The molecule has 1 N–H and O–H groups in total. The molecule has 2 nitrogen and oxygen atoms in total. The summed E-state index contributed by atoms with van der Waals surface area (Å²) in [6.07, 6.45) is 4.27. The van der Waals surface area contributed by atoms with E-state index in [1.54, 1.807) is 0 Å². The second-order valence-corrected chi connectivity index (χ2v) is 6.35. The summed E-state index contributed by atoms with van der Waals surface area (Å²) in [4.78, 5) is 2.56. The van der Waals surface area contributed by atoms with Crippen LogP contribution in [0, 0.1) is 5.92 Å². The second kappa shape index (κ2) is 4.38. The summed E-state index contributed by atoms with van der Waals surface area (Å²) in [5, 5.41) is 9.80. The van der Waals surface area contributed by atoms with E-state index in [0.717, 1.165) is 25.9 Å². The molecule has 1 heterocycles. The summed E-state index contributed by atoms with van der Waals surface area (Å²) >= 11 is 0. The molecule has 102 valence electrons. The molecule has 2 aliphatic rings. The highest BCUT2D eigenvalue weighted by molar-refractivity contribution is 5.44. The van der Waals surface area contributed by atoms with Gasteiger partial charge < -0.3 is 5.11 Å². The Morgan fingerprint density at radius 3 is 3.05 bits per heavy atom. The largest absolute Gasteiger partial charge is 0.508 e. The van der Waals surface area contributed by atoms with Crippen molar-refractivity contribution < 1.29 is 5.11 Å². The van der Waals surface area contributed by atoms with Gasteiger partial charge in [-0.2, -0.15) is 0 Å². The fourth-order valence-corrected chi connectivity index (χ4v) is 4.09. The van der Waals surface area contributed by atoms with E-state index in [1.807, 2.05) is 18.2 Å². The van der Waals surface area contributed by atoms with Gasteiger partial charge in [-0.15, -0.1) is 6.58 Å². The predicted molar refractivity (Wildman–Crippen MR) is 78.5 cm³/mol. The van der Waals surface area contributed by atoms with Crippen molar-refractivity contribution in [1.82, 2.24) is 4.90 Å². The molecule has 1 fully saturated rings. The van der Waals surface area contributed by atoms with Crippen molar-refractivity contribution in [2.75, 3.05) is 13.1 Å². The molecule has 3 rings (SSSR count). The summed E-state index contributed by atoms with van der Waals surface area (Å²) in [5.41, 5.74) is 2.99. The van der Waals surface area contributed by atoms with Gasteiger partial charge in [-0.1, -0.05) is 26.0 Å². The number of piperidine rings is 1. The normalized spacial score (nSPS) is 33.8. The van der Waals surface area contributed by atoms with E-state index in [0.29, 0.717) is 17.7 Å². The molecule has 1 aliphatic carbocycles. The van der Waals surface area contributed by atoms with Crippen LogP contribution in [-0.2, 0) is 11.8 Å². The maximum atomic E-state index is 9.80. The van der Waals surface area contributed by atoms with Crippen LogP contribution in [0.2, 0.25) is 0 Å². The molecule has 3 atom stereocenters. The Morgan fingerprint density at radius 1 is 1.53 bits per heavy atom. The third-order valence-electron chi connectivity index (χ3n) is 5.47. The van der Waals surface area contributed by atoms with E-state index >= 15 is 0 Å². The topological polar surface area (TPSA) is 23.5 Å². The summed E-state index contributed by atoms with van der Waals surface area (Å²) < 4.78 is 0. The third kappa shape index (κ3) is 1.81. The predicted octanol–water partition coefficient (Wildman–Crippen LogP) is 3.10. The lowest BCUT2D eigenvalue weighted by molar-refractivity contribution is 0.0398. The molecule has 0 amide bonds. The van der Waals surface area contributed by atoms with Crippen molar-refractivity contribution in [2.45, 2.75) is 38.1 Å². The highest BCUT2D eigenvalue weighted by Crippen LogP contribution is 2.49.